The van der Waals surface area contributed by atoms with E-state index in [2.05, 4.69) is 30.6 Å². The summed E-state index contributed by atoms with van der Waals surface area (Å²) in [5, 5.41) is 16.1. The Hall–Kier alpha value is -3.72. The van der Waals surface area contributed by atoms with Gasteiger partial charge in [-0.05, 0) is 37.8 Å². The molecule has 1 amide bonds. The second-order valence-corrected chi connectivity index (χ2v) is 8.83. The molecule has 9 nitrogen and oxygen atoms in total. The van der Waals surface area contributed by atoms with Crippen LogP contribution in [-0.4, -0.2) is 63.0 Å². The van der Waals surface area contributed by atoms with Crippen LogP contribution >= 0.6 is 0 Å². The predicted octanol–water partition coefficient (Wildman–Crippen LogP) is 2.92. The minimum absolute atomic E-state index is 0.0398. The standard InChI is InChI=1S/C23H23F3N8O/c24-23(25,26)15-7-16-17(12-30-20(16)29-11-15)19-14(8-27)10-32-22(33-19)31-9-13-2-5-34(6-3-13)21(35)18-1-4-28-18/h7,10-13,18,28H,1-6,9H2,(H,29,30)(H,31,32,33)/t18-/m1/s1. The van der Waals surface area contributed by atoms with E-state index in [1.54, 1.807) is 0 Å². The third-order valence-corrected chi connectivity index (χ3v) is 6.62. The second kappa shape index (κ2) is 9.14. The third-order valence-electron chi connectivity index (χ3n) is 6.62. The average Bonchev–Trinajstić information content (AvgIpc) is 3.24. The molecular weight excluding hydrogens is 461 g/mol. The molecule has 12 heteroatoms. The molecule has 3 aromatic heterocycles. The highest BCUT2D eigenvalue weighted by Gasteiger charge is 2.32. The van der Waals surface area contributed by atoms with Crippen LogP contribution in [0.1, 0.15) is 30.4 Å². The topological polar surface area (TPSA) is 123 Å². The van der Waals surface area contributed by atoms with Crippen LogP contribution in [0.5, 0.6) is 0 Å². The molecule has 0 radical (unpaired) electrons. The van der Waals surface area contributed by atoms with E-state index in [9.17, 15) is 23.2 Å². The number of aromatic nitrogens is 4. The van der Waals surface area contributed by atoms with Crippen molar-refractivity contribution in [1.29, 1.82) is 5.26 Å². The largest absolute Gasteiger partial charge is 0.417 e. The lowest BCUT2D eigenvalue weighted by Crippen LogP contribution is -2.55. The van der Waals surface area contributed by atoms with Crippen molar-refractivity contribution < 1.29 is 18.0 Å². The number of anilines is 1. The van der Waals surface area contributed by atoms with Crippen LogP contribution in [0.25, 0.3) is 22.3 Å². The van der Waals surface area contributed by atoms with Gasteiger partial charge in [-0.25, -0.2) is 15.0 Å². The number of likely N-dealkylation sites (tertiary alicyclic amines) is 1. The van der Waals surface area contributed by atoms with Crippen molar-refractivity contribution in [3.05, 3.63) is 35.8 Å². The van der Waals surface area contributed by atoms with Gasteiger partial charge in [0.05, 0.1) is 29.1 Å². The van der Waals surface area contributed by atoms with Crippen LogP contribution in [0.15, 0.2) is 24.7 Å². The highest BCUT2D eigenvalue weighted by atomic mass is 19.4. The smallest absolute Gasteiger partial charge is 0.354 e. The fraction of sp³-hybridized carbons (Fsp3) is 0.435. The number of carbonyl (C=O) groups excluding carboxylic acids is 1. The number of amides is 1. The van der Waals surface area contributed by atoms with Crippen LogP contribution in [0, 0.1) is 17.2 Å². The van der Waals surface area contributed by atoms with Gasteiger partial charge in [-0.15, -0.1) is 0 Å². The number of hydrogen-bond acceptors (Lipinski definition) is 7. The molecular formula is C23H23F3N8O. The summed E-state index contributed by atoms with van der Waals surface area (Å²) in [5.74, 6) is 0.776. The quantitative estimate of drug-likeness (QED) is 0.509. The van der Waals surface area contributed by atoms with Crippen molar-refractivity contribution in [3.8, 4) is 17.3 Å². The first-order valence-electron chi connectivity index (χ1n) is 11.4. The Balaban J connectivity index is 1.30. The number of halogens is 3. The number of aromatic amines is 1. The number of nitrogens with one attached hydrogen (secondary N) is 3. The SMILES string of the molecule is N#Cc1cnc(NCC2CCN(C(=O)[C@H]3CCN3)CC2)nc1-c1c[nH]c2ncc(C(F)(F)F)cc12. The lowest BCUT2D eigenvalue weighted by atomic mass is 9.95. The van der Waals surface area contributed by atoms with Crippen molar-refractivity contribution in [2.24, 2.45) is 5.92 Å². The van der Waals surface area contributed by atoms with Gasteiger partial charge >= 0.3 is 6.18 Å². The van der Waals surface area contributed by atoms with E-state index >= 15 is 0 Å². The molecule has 1 atom stereocenters. The maximum Gasteiger partial charge on any atom is 0.417 e. The summed E-state index contributed by atoms with van der Waals surface area (Å²) in [6, 6.07) is 2.97. The molecule has 3 N–H and O–H groups in total. The van der Waals surface area contributed by atoms with E-state index in [0.717, 1.165) is 38.1 Å². The Kier molecular flexibility index (Phi) is 6.02. The van der Waals surface area contributed by atoms with Gasteiger partial charge in [0.25, 0.3) is 0 Å². The molecule has 182 valence electrons. The van der Waals surface area contributed by atoms with Crippen LogP contribution in [0.4, 0.5) is 19.1 Å². The first kappa shape index (κ1) is 23.0. The predicted molar refractivity (Wildman–Crippen MR) is 121 cm³/mol. The number of pyridine rings is 1. The fourth-order valence-electron chi connectivity index (χ4n) is 4.42. The zero-order valence-corrected chi connectivity index (χ0v) is 18.7. The molecule has 0 aromatic carbocycles. The Bertz CT molecular complexity index is 1290. The number of hydrogen-bond donors (Lipinski definition) is 3. The molecule has 0 spiro atoms. The lowest BCUT2D eigenvalue weighted by Gasteiger charge is -2.37. The van der Waals surface area contributed by atoms with E-state index in [1.807, 2.05) is 11.0 Å². The highest BCUT2D eigenvalue weighted by Crippen LogP contribution is 2.34. The molecule has 5 rings (SSSR count). The summed E-state index contributed by atoms with van der Waals surface area (Å²) in [7, 11) is 0. The van der Waals surface area contributed by atoms with E-state index < -0.39 is 11.7 Å². The molecule has 2 fully saturated rings. The lowest BCUT2D eigenvalue weighted by molar-refractivity contribution is -0.138. The van der Waals surface area contributed by atoms with Gasteiger partial charge in [-0.3, -0.25) is 4.79 Å². The Morgan fingerprint density at radius 1 is 1.23 bits per heavy atom. The van der Waals surface area contributed by atoms with E-state index in [1.165, 1.54) is 12.4 Å². The maximum atomic E-state index is 13.2. The molecule has 5 heterocycles. The van der Waals surface area contributed by atoms with Crippen molar-refractivity contribution in [3.63, 3.8) is 0 Å². The molecule has 0 unspecified atom stereocenters. The number of nitriles is 1. The van der Waals surface area contributed by atoms with Crippen molar-refractivity contribution in [1.82, 2.24) is 30.2 Å². The summed E-state index contributed by atoms with van der Waals surface area (Å²) >= 11 is 0. The summed E-state index contributed by atoms with van der Waals surface area (Å²) < 4.78 is 39.6. The van der Waals surface area contributed by atoms with Gasteiger partial charge < -0.3 is 20.5 Å². The first-order valence-corrected chi connectivity index (χ1v) is 11.4. The zero-order valence-electron chi connectivity index (χ0n) is 18.7. The average molecular weight is 484 g/mol. The number of alkyl halides is 3. The molecule has 0 saturated carbocycles. The monoisotopic (exact) mass is 484 g/mol. The Morgan fingerprint density at radius 3 is 2.66 bits per heavy atom. The normalized spacial score (nSPS) is 18.8. The summed E-state index contributed by atoms with van der Waals surface area (Å²) in [6.45, 7) is 2.88. The molecule has 0 aliphatic carbocycles. The van der Waals surface area contributed by atoms with Gasteiger partial charge in [0.2, 0.25) is 11.9 Å². The molecule has 2 aliphatic rings. The van der Waals surface area contributed by atoms with Gasteiger partial charge in [-0.2, -0.15) is 18.4 Å². The number of carbonyl (C=O) groups is 1. The van der Waals surface area contributed by atoms with Crippen LogP contribution in [0.2, 0.25) is 0 Å². The number of nitrogens with zero attached hydrogens (tertiary/aromatic N) is 5. The van der Waals surface area contributed by atoms with E-state index in [4.69, 9.17) is 0 Å². The molecule has 35 heavy (non-hydrogen) atoms. The van der Waals surface area contributed by atoms with Crippen LogP contribution in [0.3, 0.4) is 0 Å². The number of rotatable bonds is 5. The minimum Gasteiger partial charge on any atom is -0.354 e. The minimum atomic E-state index is -4.54. The molecule has 3 aromatic rings. The van der Waals surface area contributed by atoms with Gasteiger partial charge in [0, 0.05) is 43.0 Å². The zero-order chi connectivity index (χ0) is 24.6. The summed E-state index contributed by atoms with van der Waals surface area (Å²) in [4.78, 5) is 29.6. The van der Waals surface area contributed by atoms with Gasteiger partial charge in [0.15, 0.2) is 0 Å². The Labute approximate surface area is 198 Å². The van der Waals surface area contributed by atoms with Gasteiger partial charge in [-0.1, -0.05) is 0 Å². The third kappa shape index (κ3) is 4.64. The number of piperidine rings is 1. The van der Waals surface area contributed by atoms with Crippen LogP contribution in [-0.2, 0) is 11.0 Å². The number of fused-ring (bicyclic) bond motifs is 1. The second-order valence-electron chi connectivity index (χ2n) is 8.83. The number of H-pyrrole nitrogens is 1. The molecule has 2 aliphatic heterocycles. The van der Waals surface area contributed by atoms with Gasteiger partial charge in [0.1, 0.15) is 11.7 Å². The van der Waals surface area contributed by atoms with E-state index in [0.29, 0.717) is 31.1 Å². The van der Waals surface area contributed by atoms with Crippen molar-refractivity contribution in [2.45, 2.75) is 31.5 Å². The van der Waals surface area contributed by atoms with Crippen molar-refractivity contribution >= 4 is 22.9 Å². The summed E-state index contributed by atoms with van der Waals surface area (Å²) in [5.41, 5.74) is 0.103. The molecule has 0 bridgehead atoms. The summed E-state index contributed by atoms with van der Waals surface area (Å²) in [6.07, 6.45) is 1.67. The van der Waals surface area contributed by atoms with E-state index in [-0.39, 0.29) is 40.2 Å². The van der Waals surface area contributed by atoms with Crippen molar-refractivity contribution in [2.75, 3.05) is 31.5 Å². The first-order chi connectivity index (χ1) is 16.8. The maximum absolute atomic E-state index is 13.2. The fourth-order valence-corrected chi connectivity index (χ4v) is 4.42. The highest BCUT2D eigenvalue weighted by molar-refractivity contribution is 5.94. The Morgan fingerprint density at radius 2 is 2.00 bits per heavy atom. The van der Waals surface area contributed by atoms with Crippen LogP contribution < -0.4 is 10.6 Å². The molecule has 2 saturated heterocycles.